The Morgan fingerprint density at radius 3 is 2.55 bits per heavy atom. The van der Waals surface area contributed by atoms with Crippen LogP contribution in [0.3, 0.4) is 0 Å². The number of rotatable bonds is 12. The molecule has 10 N–H and O–H groups in total. The summed E-state index contributed by atoms with van der Waals surface area (Å²) in [5.74, 6) is -5.11. The predicted octanol–water partition coefficient (Wildman–Crippen LogP) is -2.93. The molecular weight excluding hydrogens is 601 g/mol. The van der Waals surface area contributed by atoms with E-state index in [1.807, 2.05) is 0 Å². The molecule has 2 aliphatic rings. The summed E-state index contributed by atoms with van der Waals surface area (Å²) in [6.45, 7) is 0.616. The minimum Gasteiger partial charge on any atom is -0.534 e. The van der Waals surface area contributed by atoms with E-state index in [9.17, 15) is 42.8 Å². The highest BCUT2D eigenvalue weighted by Crippen LogP contribution is 2.30. The van der Waals surface area contributed by atoms with Crippen molar-refractivity contribution in [3.05, 3.63) is 59.2 Å². The quantitative estimate of drug-likeness (QED) is 0.0663. The molecule has 19 heteroatoms. The van der Waals surface area contributed by atoms with Crippen LogP contribution in [0.2, 0.25) is 0 Å². The van der Waals surface area contributed by atoms with Crippen molar-refractivity contribution >= 4 is 46.7 Å². The summed E-state index contributed by atoms with van der Waals surface area (Å²) >= 11 is 0. The van der Waals surface area contributed by atoms with Gasteiger partial charge in [-0.1, -0.05) is 24.3 Å². The molecule has 0 radical (unpaired) electrons. The van der Waals surface area contributed by atoms with E-state index in [1.54, 1.807) is 6.07 Å². The molecular formula is C25H32BN7O10S. The van der Waals surface area contributed by atoms with Crippen molar-refractivity contribution in [3.8, 4) is 5.75 Å². The molecule has 44 heavy (non-hydrogen) atoms. The number of nitrogens with one attached hydrogen (secondary N) is 3. The van der Waals surface area contributed by atoms with Gasteiger partial charge in [0.2, 0.25) is 5.91 Å². The van der Waals surface area contributed by atoms with E-state index in [0.29, 0.717) is 18.5 Å². The standard InChI is InChI=1S/C25H32BN7O10S/c27-8-3-9-32-10-11-33(23(36)22(32)35)25(39)30-19(14-4-1-6-16(12-14)31-44(28,41)42)21(34)29-18-13-15-5-2-7-17(24(37)38)20(15)43-26(18)40/h1-2,4-7,12,18-19,25,30-31,39-40H,3,8-11,13,27H2,(H,29,34)(H,37,38)(H2,28,41,42)/t18-,19-,25?/m0/s1. The second kappa shape index (κ2) is 13.6. The Labute approximate surface area is 252 Å². The van der Waals surface area contributed by atoms with Gasteiger partial charge in [0, 0.05) is 19.6 Å². The van der Waals surface area contributed by atoms with Crippen molar-refractivity contribution in [2.75, 3.05) is 30.9 Å². The van der Waals surface area contributed by atoms with Gasteiger partial charge in [0.25, 0.3) is 10.2 Å². The number of aliphatic hydroxyl groups excluding tert-OH is 1. The van der Waals surface area contributed by atoms with Crippen molar-refractivity contribution in [1.29, 1.82) is 0 Å². The van der Waals surface area contributed by atoms with Gasteiger partial charge in [0.05, 0.1) is 17.2 Å². The molecule has 236 valence electrons. The average molecular weight is 633 g/mol. The Morgan fingerprint density at radius 2 is 1.86 bits per heavy atom. The topological polar surface area (TPSA) is 267 Å². The normalized spacial score (nSPS) is 18.3. The smallest absolute Gasteiger partial charge is 0.534 e. The Hall–Kier alpha value is -4.27. The highest BCUT2D eigenvalue weighted by molar-refractivity contribution is 7.90. The molecule has 3 atom stereocenters. The van der Waals surface area contributed by atoms with Crippen LogP contribution in [0.4, 0.5) is 5.69 Å². The minimum atomic E-state index is -4.19. The molecule has 0 spiro atoms. The SMILES string of the molecule is NCCCN1CCN(C(O)N[C@H](C(=O)N[C@H]2Cc3cccc(C(=O)O)c3OB2O)c2cccc(NS(N)(=O)=O)c2)C(=O)C1=O. The van der Waals surface area contributed by atoms with Crippen molar-refractivity contribution in [3.63, 3.8) is 0 Å². The maximum absolute atomic E-state index is 13.7. The number of hydrogen-bond acceptors (Lipinski definition) is 11. The van der Waals surface area contributed by atoms with E-state index in [0.717, 1.165) is 4.90 Å². The third-order valence-corrected chi connectivity index (χ3v) is 7.52. The Kier molecular flexibility index (Phi) is 10.1. The Balaban J connectivity index is 1.58. The monoisotopic (exact) mass is 633 g/mol. The van der Waals surface area contributed by atoms with Crippen molar-refractivity contribution < 1.29 is 47.5 Å². The number of carboxylic acids is 1. The zero-order valence-corrected chi connectivity index (χ0v) is 24.1. The first kappa shape index (κ1) is 32.6. The third-order valence-electron chi connectivity index (χ3n) is 7.00. The van der Waals surface area contributed by atoms with E-state index in [2.05, 4.69) is 15.4 Å². The van der Waals surface area contributed by atoms with Gasteiger partial charge >= 0.3 is 24.9 Å². The van der Waals surface area contributed by atoms with E-state index < -0.39 is 59.4 Å². The Morgan fingerprint density at radius 1 is 1.14 bits per heavy atom. The number of hydrogen-bond donors (Lipinski definition) is 8. The fourth-order valence-electron chi connectivity index (χ4n) is 4.91. The van der Waals surface area contributed by atoms with Crippen molar-refractivity contribution in [2.24, 2.45) is 10.9 Å². The van der Waals surface area contributed by atoms with Gasteiger partial charge in [-0.2, -0.15) is 8.42 Å². The lowest BCUT2D eigenvalue weighted by atomic mass is 9.72. The van der Waals surface area contributed by atoms with Gasteiger partial charge < -0.3 is 35.8 Å². The number of nitrogens with two attached hydrogens (primary N) is 2. The summed E-state index contributed by atoms with van der Waals surface area (Å²) in [6.07, 6.45) is -1.40. The Bertz CT molecular complexity index is 1540. The first-order chi connectivity index (χ1) is 20.8. The number of carbonyl (C=O) groups excluding carboxylic acids is 3. The number of para-hydroxylation sites is 1. The molecule has 0 bridgehead atoms. The maximum atomic E-state index is 13.7. The number of piperazine rings is 1. The maximum Gasteiger partial charge on any atom is 0.547 e. The molecule has 1 saturated heterocycles. The zero-order chi connectivity index (χ0) is 32.2. The number of aromatic carboxylic acids is 1. The van der Waals surface area contributed by atoms with Crippen LogP contribution in [0.1, 0.15) is 33.9 Å². The van der Waals surface area contributed by atoms with Crippen LogP contribution in [-0.4, -0.2) is 103 Å². The van der Waals surface area contributed by atoms with Crippen molar-refractivity contribution in [1.82, 2.24) is 20.4 Å². The number of anilines is 1. The fraction of sp³-hybridized carbons (Fsp3) is 0.360. The molecule has 1 unspecified atom stereocenters. The lowest BCUT2D eigenvalue weighted by Gasteiger charge is -2.37. The van der Waals surface area contributed by atoms with Gasteiger partial charge in [0.15, 0.2) is 6.35 Å². The largest absolute Gasteiger partial charge is 0.547 e. The average Bonchev–Trinajstić information content (AvgIpc) is 2.95. The number of nitrogens with zero attached hydrogens (tertiary/aromatic N) is 2. The van der Waals surface area contributed by atoms with Gasteiger partial charge in [0.1, 0.15) is 11.8 Å². The molecule has 2 aromatic carbocycles. The lowest BCUT2D eigenvalue weighted by Crippen LogP contribution is -2.62. The van der Waals surface area contributed by atoms with Crippen LogP contribution in [-0.2, 0) is 31.0 Å². The number of carboxylic acid groups (broad SMARTS) is 1. The number of amides is 3. The van der Waals surface area contributed by atoms with Crippen LogP contribution in [0, 0.1) is 0 Å². The molecule has 2 heterocycles. The van der Waals surface area contributed by atoms with E-state index in [-0.39, 0.29) is 48.6 Å². The van der Waals surface area contributed by atoms with Gasteiger partial charge in [-0.05, 0) is 48.7 Å². The second-order valence-corrected chi connectivity index (χ2v) is 11.4. The molecule has 17 nitrogen and oxygen atoms in total. The van der Waals surface area contributed by atoms with Crippen LogP contribution in [0.15, 0.2) is 42.5 Å². The molecule has 2 aliphatic heterocycles. The molecule has 4 rings (SSSR count). The van der Waals surface area contributed by atoms with E-state index in [4.69, 9.17) is 15.5 Å². The van der Waals surface area contributed by atoms with Crippen LogP contribution in [0.5, 0.6) is 5.75 Å². The number of benzene rings is 2. The third kappa shape index (κ3) is 7.62. The summed E-state index contributed by atoms with van der Waals surface area (Å²) in [5.41, 5.74) is 5.81. The summed E-state index contributed by atoms with van der Waals surface area (Å²) in [4.78, 5) is 52.8. The van der Waals surface area contributed by atoms with Crippen LogP contribution < -0.4 is 30.9 Å². The molecule has 1 fully saturated rings. The first-order valence-corrected chi connectivity index (χ1v) is 15.0. The van der Waals surface area contributed by atoms with Gasteiger partial charge in [-0.3, -0.25) is 29.3 Å². The predicted molar refractivity (Wildman–Crippen MR) is 155 cm³/mol. The van der Waals surface area contributed by atoms with Gasteiger partial charge in [-0.15, -0.1) is 0 Å². The first-order valence-electron chi connectivity index (χ1n) is 13.4. The zero-order valence-electron chi connectivity index (χ0n) is 23.3. The molecule has 0 saturated carbocycles. The van der Waals surface area contributed by atoms with E-state index in [1.165, 1.54) is 41.3 Å². The molecule has 0 aliphatic carbocycles. The van der Waals surface area contributed by atoms with Crippen LogP contribution in [0.25, 0.3) is 0 Å². The molecule has 2 aromatic rings. The summed E-state index contributed by atoms with van der Waals surface area (Å²) in [7, 11) is -5.85. The number of aliphatic hydroxyl groups is 1. The minimum absolute atomic E-state index is 0.0185. The highest BCUT2D eigenvalue weighted by atomic mass is 32.2. The number of fused-ring (bicyclic) bond motifs is 1. The van der Waals surface area contributed by atoms with E-state index >= 15 is 0 Å². The van der Waals surface area contributed by atoms with Crippen LogP contribution >= 0.6 is 0 Å². The van der Waals surface area contributed by atoms with Crippen molar-refractivity contribution in [2.45, 2.75) is 31.2 Å². The highest BCUT2D eigenvalue weighted by Gasteiger charge is 2.41. The summed E-state index contributed by atoms with van der Waals surface area (Å²) in [5, 5.41) is 41.3. The number of carbonyl (C=O) groups is 4. The second-order valence-electron chi connectivity index (χ2n) is 10.1. The lowest BCUT2D eigenvalue weighted by molar-refractivity contribution is -0.166. The fourth-order valence-corrected chi connectivity index (χ4v) is 5.36. The summed E-state index contributed by atoms with van der Waals surface area (Å²) in [6, 6.07) is 8.34. The van der Waals surface area contributed by atoms with Gasteiger partial charge in [-0.25, -0.2) is 9.93 Å². The molecule has 3 amide bonds. The molecule has 0 aromatic heterocycles. The summed E-state index contributed by atoms with van der Waals surface area (Å²) < 4.78 is 30.7.